The quantitative estimate of drug-likeness (QED) is 0.669. The molecule has 2 fully saturated rings. The summed E-state index contributed by atoms with van der Waals surface area (Å²) in [4.78, 5) is 2.65. The van der Waals surface area contributed by atoms with Crippen LogP contribution in [-0.2, 0) is 0 Å². The van der Waals surface area contributed by atoms with Gasteiger partial charge >= 0.3 is 0 Å². The summed E-state index contributed by atoms with van der Waals surface area (Å²) in [5.41, 5.74) is 6.17. The van der Waals surface area contributed by atoms with E-state index in [1.807, 2.05) is 0 Å². The number of piperidine rings is 1. The molecule has 1 aliphatic carbocycles. The lowest BCUT2D eigenvalue weighted by molar-refractivity contribution is 0.115. The fourth-order valence-corrected chi connectivity index (χ4v) is 2.84. The smallest absolute Gasteiger partial charge is 0.0247 e. The molecule has 0 unspecified atom stereocenters. The van der Waals surface area contributed by atoms with E-state index in [0.717, 1.165) is 0 Å². The maximum atomic E-state index is 6.17. The van der Waals surface area contributed by atoms with E-state index in [9.17, 15) is 0 Å². The summed E-state index contributed by atoms with van der Waals surface area (Å²) in [5.74, 6) is 0. The first kappa shape index (κ1) is 9.47. The lowest BCUT2D eigenvalue weighted by Crippen LogP contribution is -2.51. The van der Waals surface area contributed by atoms with Gasteiger partial charge < -0.3 is 5.73 Å². The lowest BCUT2D eigenvalue weighted by atomic mass is 9.89. The molecule has 0 aromatic heterocycles. The monoisotopic (exact) mass is 182 g/mol. The van der Waals surface area contributed by atoms with Crippen LogP contribution < -0.4 is 5.73 Å². The van der Waals surface area contributed by atoms with Crippen molar-refractivity contribution in [2.24, 2.45) is 5.73 Å². The molecule has 1 aliphatic heterocycles. The highest BCUT2D eigenvalue weighted by Gasteiger charge is 2.27. The fourth-order valence-electron chi connectivity index (χ4n) is 2.84. The van der Waals surface area contributed by atoms with Crippen LogP contribution in [0.1, 0.15) is 44.9 Å². The minimum absolute atomic E-state index is 0.465. The van der Waals surface area contributed by atoms with Gasteiger partial charge in [0, 0.05) is 12.1 Å². The first-order valence-corrected chi connectivity index (χ1v) is 5.87. The van der Waals surface area contributed by atoms with Crippen molar-refractivity contribution < 1.29 is 0 Å². The lowest BCUT2D eigenvalue weighted by Gasteiger charge is -2.40. The molecule has 13 heavy (non-hydrogen) atoms. The number of hydrogen-bond donors (Lipinski definition) is 1. The van der Waals surface area contributed by atoms with E-state index >= 15 is 0 Å². The summed E-state index contributed by atoms with van der Waals surface area (Å²) in [6.45, 7) is 2.61. The standard InChI is InChI=1S/C11H22N2/c12-10-6-2-3-7-11(10)13-8-4-1-5-9-13/h10-11H,1-9,12H2/t10-,11-/m0/s1. The Morgan fingerprint density at radius 2 is 1.54 bits per heavy atom. The van der Waals surface area contributed by atoms with Crippen molar-refractivity contribution in [2.75, 3.05) is 13.1 Å². The van der Waals surface area contributed by atoms with Crippen LogP contribution in [0.5, 0.6) is 0 Å². The molecule has 0 radical (unpaired) electrons. The Morgan fingerprint density at radius 1 is 0.846 bits per heavy atom. The minimum Gasteiger partial charge on any atom is -0.326 e. The second-order valence-electron chi connectivity index (χ2n) is 4.61. The van der Waals surface area contributed by atoms with Crippen LogP contribution >= 0.6 is 0 Å². The van der Waals surface area contributed by atoms with E-state index in [0.29, 0.717) is 12.1 Å². The van der Waals surface area contributed by atoms with Crippen molar-refractivity contribution in [3.63, 3.8) is 0 Å². The van der Waals surface area contributed by atoms with Gasteiger partial charge in [-0.1, -0.05) is 19.3 Å². The molecule has 76 valence electrons. The largest absolute Gasteiger partial charge is 0.326 e. The molecule has 0 aromatic carbocycles. The average molecular weight is 182 g/mol. The normalized spacial score (nSPS) is 37.6. The molecule has 0 amide bonds. The molecular weight excluding hydrogens is 160 g/mol. The average Bonchev–Trinajstić information content (AvgIpc) is 2.20. The van der Waals surface area contributed by atoms with Crippen LogP contribution in [0, 0.1) is 0 Å². The molecule has 0 spiro atoms. The second-order valence-corrected chi connectivity index (χ2v) is 4.61. The SMILES string of the molecule is N[C@H]1CCCC[C@@H]1N1CCCCC1. The molecule has 2 N–H and O–H groups in total. The molecule has 2 atom stereocenters. The summed E-state index contributed by atoms with van der Waals surface area (Å²) in [5, 5.41) is 0. The highest BCUT2D eigenvalue weighted by atomic mass is 15.2. The van der Waals surface area contributed by atoms with E-state index in [1.165, 1.54) is 58.0 Å². The van der Waals surface area contributed by atoms with Crippen molar-refractivity contribution in [3.8, 4) is 0 Å². The predicted molar refractivity (Wildman–Crippen MR) is 55.7 cm³/mol. The van der Waals surface area contributed by atoms with E-state index in [-0.39, 0.29) is 0 Å². The molecule has 1 saturated heterocycles. The molecule has 0 aromatic rings. The fraction of sp³-hybridized carbons (Fsp3) is 1.00. The van der Waals surface area contributed by atoms with Crippen LogP contribution in [0.25, 0.3) is 0 Å². The molecular formula is C11H22N2. The van der Waals surface area contributed by atoms with Crippen LogP contribution in [0.3, 0.4) is 0 Å². The maximum absolute atomic E-state index is 6.17. The Morgan fingerprint density at radius 3 is 2.23 bits per heavy atom. The minimum atomic E-state index is 0.465. The highest BCUT2D eigenvalue weighted by molar-refractivity contribution is 4.86. The summed E-state index contributed by atoms with van der Waals surface area (Å²) in [7, 11) is 0. The Kier molecular flexibility index (Phi) is 3.23. The zero-order chi connectivity index (χ0) is 9.10. The Hall–Kier alpha value is -0.0800. The van der Waals surface area contributed by atoms with Crippen molar-refractivity contribution >= 4 is 0 Å². The van der Waals surface area contributed by atoms with Crippen molar-refractivity contribution in [3.05, 3.63) is 0 Å². The van der Waals surface area contributed by atoms with Crippen LogP contribution in [0.15, 0.2) is 0 Å². The van der Waals surface area contributed by atoms with Gasteiger partial charge in [0.1, 0.15) is 0 Å². The van der Waals surface area contributed by atoms with Crippen molar-refractivity contribution in [1.29, 1.82) is 0 Å². The first-order chi connectivity index (χ1) is 6.38. The Balaban J connectivity index is 1.88. The van der Waals surface area contributed by atoms with Gasteiger partial charge in [-0.05, 0) is 38.8 Å². The van der Waals surface area contributed by atoms with Gasteiger partial charge in [0.15, 0.2) is 0 Å². The summed E-state index contributed by atoms with van der Waals surface area (Å²) >= 11 is 0. The van der Waals surface area contributed by atoms with Gasteiger partial charge in [0.2, 0.25) is 0 Å². The van der Waals surface area contributed by atoms with Crippen LogP contribution in [0.4, 0.5) is 0 Å². The Labute approximate surface area is 81.5 Å². The highest BCUT2D eigenvalue weighted by Crippen LogP contribution is 2.24. The number of nitrogens with zero attached hydrogens (tertiary/aromatic N) is 1. The molecule has 1 saturated carbocycles. The molecule has 2 rings (SSSR count). The van der Waals surface area contributed by atoms with E-state index in [4.69, 9.17) is 5.73 Å². The first-order valence-electron chi connectivity index (χ1n) is 5.87. The van der Waals surface area contributed by atoms with Crippen molar-refractivity contribution in [1.82, 2.24) is 4.90 Å². The zero-order valence-corrected chi connectivity index (χ0v) is 8.54. The van der Waals surface area contributed by atoms with Crippen LogP contribution in [0.2, 0.25) is 0 Å². The van der Waals surface area contributed by atoms with E-state index in [1.54, 1.807) is 0 Å². The van der Waals surface area contributed by atoms with E-state index in [2.05, 4.69) is 4.90 Å². The number of rotatable bonds is 1. The van der Waals surface area contributed by atoms with Gasteiger partial charge in [-0.25, -0.2) is 0 Å². The molecule has 2 heteroatoms. The van der Waals surface area contributed by atoms with E-state index < -0.39 is 0 Å². The maximum Gasteiger partial charge on any atom is 0.0247 e. The van der Waals surface area contributed by atoms with Gasteiger partial charge in [0.25, 0.3) is 0 Å². The summed E-state index contributed by atoms with van der Waals surface area (Å²) < 4.78 is 0. The van der Waals surface area contributed by atoms with Gasteiger partial charge in [0.05, 0.1) is 0 Å². The Bertz CT molecular complexity index is 152. The molecule has 2 nitrogen and oxygen atoms in total. The second kappa shape index (κ2) is 4.43. The van der Waals surface area contributed by atoms with Crippen LogP contribution in [-0.4, -0.2) is 30.1 Å². The molecule has 2 aliphatic rings. The zero-order valence-electron chi connectivity index (χ0n) is 8.54. The number of hydrogen-bond acceptors (Lipinski definition) is 2. The third-order valence-electron chi connectivity index (χ3n) is 3.64. The van der Waals surface area contributed by atoms with Crippen molar-refractivity contribution in [2.45, 2.75) is 57.0 Å². The third-order valence-corrected chi connectivity index (χ3v) is 3.64. The predicted octanol–water partition coefficient (Wildman–Crippen LogP) is 1.74. The topological polar surface area (TPSA) is 29.3 Å². The summed E-state index contributed by atoms with van der Waals surface area (Å²) in [6, 6.07) is 1.18. The van der Waals surface area contributed by atoms with Gasteiger partial charge in [-0.2, -0.15) is 0 Å². The molecule has 0 bridgehead atoms. The summed E-state index contributed by atoms with van der Waals surface area (Å²) in [6.07, 6.45) is 9.56. The van der Waals surface area contributed by atoms with Gasteiger partial charge in [-0.15, -0.1) is 0 Å². The molecule has 1 heterocycles. The number of nitrogens with two attached hydrogens (primary N) is 1. The number of likely N-dealkylation sites (tertiary alicyclic amines) is 1. The third kappa shape index (κ3) is 2.23. The van der Waals surface area contributed by atoms with Gasteiger partial charge in [-0.3, -0.25) is 4.90 Å².